The Bertz CT molecular complexity index is 1010. The fraction of sp³-hybridized carbons (Fsp3) is 0.278. The number of alkyl halides is 3. The number of rotatable bonds is 5. The third-order valence-corrected chi connectivity index (χ3v) is 6.17. The summed E-state index contributed by atoms with van der Waals surface area (Å²) < 4.78 is 79.1. The first-order valence-corrected chi connectivity index (χ1v) is 10.1. The van der Waals surface area contributed by atoms with Gasteiger partial charge in [-0.15, -0.1) is 0 Å². The van der Waals surface area contributed by atoms with Crippen molar-refractivity contribution >= 4 is 27.3 Å². The van der Waals surface area contributed by atoms with Gasteiger partial charge in [-0.1, -0.05) is 18.2 Å². The van der Waals surface area contributed by atoms with Crippen LogP contribution in [0.4, 0.5) is 28.9 Å². The van der Waals surface area contributed by atoms with Crippen molar-refractivity contribution in [1.82, 2.24) is 5.32 Å². The van der Waals surface area contributed by atoms with Crippen molar-refractivity contribution in [2.45, 2.75) is 23.9 Å². The Balaban J connectivity index is 1.64. The van der Waals surface area contributed by atoms with Gasteiger partial charge in [-0.3, -0.25) is 9.52 Å². The molecule has 1 fully saturated rings. The Labute approximate surface area is 164 Å². The smallest absolute Gasteiger partial charge is 0.325 e. The van der Waals surface area contributed by atoms with Crippen LogP contribution in [-0.2, 0) is 21.0 Å². The average Bonchev–Trinajstić information content (AvgIpc) is 3.14. The minimum atomic E-state index is -4.55. The molecule has 11 heteroatoms. The van der Waals surface area contributed by atoms with Crippen LogP contribution in [-0.4, -0.2) is 32.2 Å². The van der Waals surface area contributed by atoms with E-state index in [0.29, 0.717) is 0 Å². The largest absolute Gasteiger partial charge is 0.416 e. The molecule has 3 N–H and O–H groups in total. The molecule has 1 saturated heterocycles. The molecule has 156 valence electrons. The lowest BCUT2D eigenvalue weighted by molar-refractivity contribution is -0.137. The molecule has 0 saturated carbocycles. The predicted octanol–water partition coefficient (Wildman–Crippen LogP) is 2.96. The molecule has 6 nitrogen and oxygen atoms in total. The summed E-state index contributed by atoms with van der Waals surface area (Å²) in [5.74, 6) is -1.39. The second-order valence-corrected chi connectivity index (χ2v) is 8.47. The van der Waals surface area contributed by atoms with E-state index in [4.69, 9.17) is 0 Å². The highest BCUT2D eigenvalue weighted by Crippen LogP contribution is 2.31. The standard InChI is InChI=1S/C18H17F4N3O3S/c19-14-6-1-2-7-15(14)25-29(27,28)13-9-16(23-10-13)17(26)24-12-5-3-4-11(8-12)18(20,21)22/h1-8,13,16,23,25H,9-10H2,(H,24,26). The molecule has 2 unspecified atom stereocenters. The number of nitrogens with one attached hydrogen (secondary N) is 3. The first kappa shape index (κ1) is 21.1. The molecular formula is C18H17F4N3O3S. The van der Waals surface area contributed by atoms with E-state index >= 15 is 0 Å². The van der Waals surface area contributed by atoms with Crippen LogP contribution in [0.5, 0.6) is 0 Å². The van der Waals surface area contributed by atoms with E-state index in [-0.39, 0.29) is 24.3 Å². The van der Waals surface area contributed by atoms with Crippen molar-refractivity contribution < 1.29 is 30.8 Å². The first-order valence-electron chi connectivity index (χ1n) is 8.54. The van der Waals surface area contributed by atoms with Gasteiger partial charge in [0.2, 0.25) is 15.9 Å². The summed E-state index contributed by atoms with van der Waals surface area (Å²) in [4.78, 5) is 12.3. The summed E-state index contributed by atoms with van der Waals surface area (Å²) in [5, 5.41) is 4.07. The number of benzene rings is 2. The van der Waals surface area contributed by atoms with Crippen LogP contribution in [0.1, 0.15) is 12.0 Å². The second kappa shape index (κ2) is 7.99. The van der Waals surface area contributed by atoms with Crippen molar-refractivity contribution in [2.75, 3.05) is 16.6 Å². The Morgan fingerprint density at radius 1 is 1.10 bits per heavy atom. The number of halogens is 4. The molecule has 0 aromatic heterocycles. The summed E-state index contributed by atoms with van der Waals surface area (Å²) in [6.45, 7) is -0.0650. The fourth-order valence-electron chi connectivity index (χ4n) is 2.92. The summed E-state index contributed by atoms with van der Waals surface area (Å²) >= 11 is 0. The lowest BCUT2D eigenvalue weighted by Crippen LogP contribution is -2.35. The van der Waals surface area contributed by atoms with Gasteiger partial charge >= 0.3 is 6.18 Å². The number of hydrogen-bond donors (Lipinski definition) is 3. The van der Waals surface area contributed by atoms with E-state index in [9.17, 15) is 30.8 Å². The SMILES string of the molecule is O=C(Nc1cccc(C(F)(F)F)c1)C1CC(S(=O)(=O)Nc2ccccc2F)CN1. The lowest BCUT2D eigenvalue weighted by atomic mass is 10.1. The van der Waals surface area contributed by atoms with Gasteiger partial charge in [-0.05, 0) is 36.8 Å². The zero-order valence-electron chi connectivity index (χ0n) is 14.8. The number of hydrogen-bond acceptors (Lipinski definition) is 4. The molecular weight excluding hydrogens is 414 g/mol. The Morgan fingerprint density at radius 3 is 2.52 bits per heavy atom. The normalized spacial score (nSPS) is 19.7. The molecule has 2 aromatic carbocycles. The number of carbonyl (C=O) groups excluding carboxylic acids is 1. The van der Waals surface area contributed by atoms with Crippen LogP contribution >= 0.6 is 0 Å². The van der Waals surface area contributed by atoms with Gasteiger partial charge in [0.25, 0.3) is 0 Å². The van der Waals surface area contributed by atoms with Crippen molar-refractivity contribution in [2.24, 2.45) is 0 Å². The highest BCUT2D eigenvalue weighted by Gasteiger charge is 2.38. The lowest BCUT2D eigenvalue weighted by Gasteiger charge is -2.14. The van der Waals surface area contributed by atoms with Crippen LogP contribution in [0.2, 0.25) is 0 Å². The van der Waals surface area contributed by atoms with E-state index in [2.05, 4.69) is 15.4 Å². The van der Waals surface area contributed by atoms with Gasteiger partial charge in [0.05, 0.1) is 22.5 Å². The van der Waals surface area contributed by atoms with Gasteiger partial charge in [-0.25, -0.2) is 12.8 Å². The molecule has 2 atom stereocenters. The van der Waals surface area contributed by atoms with E-state index in [1.807, 2.05) is 0 Å². The maximum atomic E-state index is 13.7. The minimum absolute atomic E-state index is 0.0533. The van der Waals surface area contributed by atoms with Crippen LogP contribution < -0.4 is 15.4 Å². The fourth-order valence-corrected chi connectivity index (χ4v) is 4.32. The molecule has 0 spiro atoms. The maximum Gasteiger partial charge on any atom is 0.416 e. The molecule has 0 radical (unpaired) electrons. The number of carbonyl (C=O) groups is 1. The van der Waals surface area contributed by atoms with Crippen LogP contribution in [0.15, 0.2) is 48.5 Å². The molecule has 1 aliphatic heterocycles. The van der Waals surface area contributed by atoms with Gasteiger partial charge in [-0.2, -0.15) is 13.2 Å². The van der Waals surface area contributed by atoms with Crippen LogP contribution in [0, 0.1) is 5.82 Å². The molecule has 0 aliphatic carbocycles. The quantitative estimate of drug-likeness (QED) is 0.636. The molecule has 1 heterocycles. The molecule has 3 rings (SSSR count). The topological polar surface area (TPSA) is 87.3 Å². The first-order chi connectivity index (χ1) is 13.6. The monoisotopic (exact) mass is 431 g/mol. The van der Waals surface area contributed by atoms with E-state index in [1.54, 1.807) is 0 Å². The average molecular weight is 431 g/mol. The molecule has 1 aliphatic rings. The molecule has 29 heavy (non-hydrogen) atoms. The molecule has 1 amide bonds. The van der Waals surface area contributed by atoms with Crippen LogP contribution in [0.3, 0.4) is 0 Å². The number of para-hydroxylation sites is 1. The molecule has 2 aromatic rings. The Kier molecular flexibility index (Phi) is 5.80. The summed E-state index contributed by atoms with van der Waals surface area (Å²) in [6.07, 6.45) is -4.67. The maximum absolute atomic E-state index is 13.7. The zero-order chi connectivity index (χ0) is 21.2. The van der Waals surface area contributed by atoms with Gasteiger partial charge < -0.3 is 10.6 Å². The minimum Gasteiger partial charge on any atom is -0.325 e. The van der Waals surface area contributed by atoms with E-state index < -0.39 is 44.8 Å². The Morgan fingerprint density at radius 2 is 1.83 bits per heavy atom. The van der Waals surface area contributed by atoms with Crippen molar-refractivity contribution in [1.29, 1.82) is 0 Å². The van der Waals surface area contributed by atoms with Gasteiger partial charge in [0, 0.05) is 12.2 Å². The number of anilines is 2. The summed E-state index contributed by atoms with van der Waals surface area (Å²) in [7, 11) is -3.98. The van der Waals surface area contributed by atoms with Gasteiger partial charge in [0.1, 0.15) is 5.82 Å². The van der Waals surface area contributed by atoms with E-state index in [1.165, 1.54) is 24.3 Å². The summed E-state index contributed by atoms with van der Waals surface area (Å²) in [5.41, 5.74) is -1.17. The van der Waals surface area contributed by atoms with Crippen molar-refractivity contribution in [3.05, 3.63) is 59.9 Å². The van der Waals surface area contributed by atoms with Crippen molar-refractivity contribution in [3.8, 4) is 0 Å². The molecule has 0 bridgehead atoms. The highest BCUT2D eigenvalue weighted by atomic mass is 32.2. The third kappa shape index (κ3) is 5.04. The number of amides is 1. The highest BCUT2D eigenvalue weighted by molar-refractivity contribution is 7.93. The predicted molar refractivity (Wildman–Crippen MR) is 99.2 cm³/mol. The van der Waals surface area contributed by atoms with Crippen molar-refractivity contribution in [3.63, 3.8) is 0 Å². The zero-order valence-corrected chi connectivity index (χ0v) is 15.6. The second-order valence-electron chi connectivity index (χ2n) is 6.51. The Hall–Kier alpha value is -2.66. The van der Waals surface area contributed by atoms with E-state index in [0.717, 1.165) is 24.3 Å². The van der Waals surface area contributed by atoms with Crippen LogP contribution in [0.25, 0.3) is 0 Å². The van der Waals surface area contributed by atoms with Gasteiger partial charge in [0.15, 0.2) is 0 Å². The number of sulfonamides is 1. The third-order valence-electron chi connectivity index (χ3n) is 4.43. The summed E-state index contributed by atoms with van der Waals surface area (Å²) in [6, 6.07) is 8.47.